The number of hydrogen-bond acceptors (Lipinski definition) is 11. The van der Waals surface area contributed by atoms with Crippen LogP contribution in [0.1, 0.15) is 31.9 Å². The molecule has 8 aromatic rings. The molecule has 0 unspecified atom stereocenters. The summed E-state index contributed by atoms with van der Waals surface area (Å²) < 4.78 is 8.13. The van der Waals surface area contributed by atoms with Crippen molar-refractivity contribution in [2.75, 3.05) is 0 Å². The lowest BCUT2D eigenvalue weighted by Gasteiger charge is -2.07. The number of benzene rings is 4. The van der Waals surface area contributed by atoms with Crippen molar-refractivity contribution in [2.45, 2.75) is 33.9 Å². The lowest BCUT2D eigenvalue weighted by molar-refractivity contribution is -0.156. The third-order valence-corrected chi connectivity index (χ3v) is 9.54. The molecule has 0 radical (unpaired) electrons. The Morgan fingerprint density at radius 2 is 1.17 bits per heavy atom. The smallest absolute Gasteiger partial charge is 0.310 e. The summed E-state index contributed by atoms with van der Waals surface area (Å²) in [5, 5.41) is 8.80. The first-order valence-corrected chi connectivity index (χ1v) is 18.5. The quantitative estimate of drug-likeness (QED) is 0.124. The molecule has 14 heteroatoms. The van der Waals surface area contributed by atoms with E-state index in [9.17, 15) is 14.4 Å². The Labute approximate surface area is 318 Å². The fraction of sp³-hybridized carbons (Fsp3) is 0.125. The van der Waals surface area contributed by atoms with E-state index in [0.717, 1.165) is 65.7 Å². The first-order valence-electron chi connectivity index (χ1n) is 16.7. The zero-order valence-corrected chi connectivity index (χ0v) is 31.3. The number of imidazole rings is 2. The van der Waals surface area contributed by atoms with E-state index in [1.807, 2.05) is 78.3 Å². The second-order valence-corrected chi connectivity index (χ2v) is 13.6. The summed E-state index contributed by atoms with van der Waals surface area (Å²) in [6, 6.07) is 28.8. The summed E-state index contributed by atoms with van der Waals surface area (Å²) in [4.78, 5) is 48.4. The van der Waals surface area contributed by atoms with Gasteiger partial charge in [-0.15, -0.1) is 22.7 Å². The highest BCUT2D eigenvalue weighted by Gasteiger charge is 2.10. The van der Waals surface area contributed by atoms with Gasteiger partial charge in [-0.05, 0) is 59.7 Å². The Hall–Kier alpha value is -6.35. The van der Waals surface area contributed by atoms with Gasteiger partial charge in [0.2, 0.25) is 5.91 Å². The molecular weight excluding hydrogens is 721 g/mol. The van der Waals surface area contributed by atoms with Crippen molar-refractivity contribution >= 4 is 62.6 Å². The molecule has 4 aromatic carbocycles. The number of nitrogens with one attached hydrogen (secondary N) is 1. The van der Waals surface area contributed by atoms with Crippen molar-refractivity contribution in [2.24, 2.45) is 5.73 Å². The van der Waals surface area contributed by atoms with Gasteiger partial charge in [0.05, 0.1) is 22.1 Å². The van der Waals surface area contributed by atoms with Crippen molar-refractivity contribution in [1.82, 2.24) is 34.4 Å². The summed E-state index contributed by atoms with van der Waals surface area (Å²) in [6.45, 7) is 4.92. The number of esters is 2. The van der Waals surface area contributed by atoms with Crippen LogP contribution in [0.5, 0.6) is 0 Å². The van der Waals surface area contributed by atoms with Gasteiger partial charge in [0.25, 0.3) is 0 Å². The van der Waals surface area contributed by atoms with Crippen LogP contribution in [0, 0.1) is 0 Å². The van der Waals surface area contributed by atoms with Crippen LogP contribution in [0.25, 0.3) is 54.6 Å². The van der Waals surface area contributed by atoms with Gasteiger partial charge in [0, 0.05) is 79.5 Å². The molecule has 12 nitrogen and oxygen atoms in total. The van der Waals surface area contributed by atoms with Crippen molar-refractivity contribution in [3.63, 3.8) is 0 Å². The lowest BCUT2D eigenvalue weighted by Crippen LogP contribution is -2.18. The average Bonchev–Trinajstić information content (AvgIpc) is 4.01. The third kappa shape index (κ3) is 9.35. The van der Waals surface area contributed by atoms with Gasteiger partial charge in [-0.1, -0.05) is 36.4 Å². The predicted octanol–water partition coefficient (Wildman–Crippen LogP) is 7.49. The fourth-order valence-corrected chi connectivity index (χ4v) is 6.77. The number of carbonyl (C=O) groups is 3. The Morgan fingerprint density at radius 3 is 1.59 bits per heavy atom. The SMILES string of the molecule is CC(=O)NCc1ccc2c(c1)ncn2-c1cccc(-c2nccs2)c1.CC(=O)OC(C)=O.NCc1ccc2c(c1)ncn2-c1cccc(-c2nccs2)c1. The highest BCUT2D eigenvalue weighted by Crippen LogP contribution is 2.28. The number of aromatic nitrogens is 6. The van der Waals surface area contributed by atoms with Crippen molar-refractivity contribution in [3.05, 3.63) is 132 Å². The Kier molecular flexibility index (Phi) is 12.1. The highest BCUT2D eigenvalue weighted by molar-refractivity contribution is 7.13. The van der Waals surface area contributed by atoms with E-state index in [2.05, 4.69) is 81.6 Å². The van der Waals surface area contributed by atoms with E-state index in [-0.39, 0.29) is 5.91 Å². The van der Waals surface area contributed by atoms with Crippen LogP contribution in [0.2, 0.25) is 0 Å². The van der Waals surface area contributed by atoms with E-state index < -0.39 is 11.9 Å². The Morgan fingerprint density at radius 1 is 0.667 bits per heavy atom. The van der Waals surface area contributed by atoms with E-state index >= 15 is 0 Å². The van der Waals surface area contributed by atoms with Crippen LogP contribution >= 0.6 is 22.7 Å². The molecule has 0 fully saturated rings. The van der Waals surface area contributed by atoms with Gasteiger partial charge in [0.1, 0.15) is 22.7 Å². The fourth-order valence-electron chi connectivity index (χ4n) is 5.50. The molecular formula is C40H36N8O4S2. The maximum atomic E-state index is 11.1. The average molecular weight is 757 g/mol. The first kappa shape index (κ1) is 37.4. The number of ether oxygens (including phenoxy) is 1. The topological polar surface area (TPSA) is 160 Å². The molecule has 1 amide bonds. The van der Waals surface area contributed by atoms with E-state index in [0.29, 0.717) is 13.1 Å². The first-order chi connectivity index (χ1) is 26.2. The van der Waals surface area contributed by atoms with Crippen LogP contribution < -0.4 is 11.1 Å². The summed E-state index contributed by atoms with van der Waals surface area (Å²) in [5.74, 6) is -1.16. The number of thiazole rings is 2. The van der Waals surface area contributed by atoms with Crippen LogP contribution in [-0.2, 0) is 32.2 Å². The summed E-state index contributed by atoms with van der Waals surface area (Å²) in [6.07, 6.45) is 7.32. The molecule has 3 N–H and O–H groups in total. The van der Waals surface area contributed by atoms with E-state index in [4.69, 9.17) is 5.73 Å². The standard InChI is InChI=1S/C19H16N4OS.C17H14N4S.C4H6O3/c1-13(24)21-11-14-5-6-18-17(9-14)22-12-23(18)16-4-2-3-15(10-16)19-20-7-8-25-19;18-10-12-4-5-16-15(8-12)20-11-21(16)14-3-1-2-13(9-14)17-19-6-7-22-17;1-3(5)7-4(2)6/h2-10,12H,11H2,1H3,(H,21,24);1-9,11H,10,18H2;1-2H3. The summed E-state index contributed by atoms with van der Waals surface area (Å²) in [7, 11) is 0. The predicted molar refractivity (Wildman–Crippen MR) is 212 cm³/mol. The minimum atomic E-state index is -0.562. The summed E-state index contributed by atoms with van der Waals surface area (Å²) in [5.41, 5.74) is 16.1. The number of rotatable bonds is 7. The third-order valence-electron chi connectivity index (χ3n) is 7.90. The monoisotopic (exact) mass is 756 g/mol. The maximum Gasteiger partial charge on any atom is 0.310 e. The zero-order valence-electron chi connectivity index (χ0n) is 29.7. The molecule has 0 atom stereocenters. The number of nitrogens with two attached hydrogens (primary N) is 1. The zero-order chi connectivity index (χ0) is 38.0. The van der Waals surface area contributed by atoms with Crippen LogP contribution in [0.3, 0.4) is 0 Å². The van der Waals surface area contributed by atoms with Gasteiger partial charge in [0.15, 0.2) is 0 Å². The maximum absolute atomic E-state index is 11.1. The molecule has 0 saturated heterocycles. The van der Waals surface area contributed by atoms with E-state index in [1.54, 1.807) is 22.7 Å². The highest BCUT2D eigenvalue weighted by atomic mass is 32.1. The second kappa shape index (κ2) is 17.4. The minimum absolute atomic E-state index is 0.0374. The van der Waals surface area contributed by atoms with Gasteiger partial charge in [-0.25, -0.2) is 19.9 Å². The van der Waals surface area contributed by atoms with Crippen LogP contribution in [0.4, 0.5) is 0 Å². The molecule has 0 saturated carbocycles. The number of fused-ring (bicyclic) bond motifs is 2. The normalized spacial score (nSPS) is 10.6. The minimum Gasteiger partial charge on any atom is -0.394 e. The Bertz CT molecular complexity index is 2510. The van der Waals surface area contributed by atoms with Gasteiger partial charge in [-0.3, -0.25) is 23.5 Å². The van der Waals surface area contributed by atoms with E-state index in [1.165, 1.54) is 20.8 Å². The molecule has 4 aromatic heterocycles. The molecule has 0 aliphatic carbocycles. The van der Waals surface area contributed by atoms with Crippen molar-refractivity contribution < 1.29 is 19.1 Å². The number of hydrogen-bond donors (Lipinski definition) is 2. The molecule has 0 aliphatic heterocycles. The lowest BCUT2D eigenvalue weighted by atomic mass is 10.1. The largest absolute Gasteiger partial charge is 0.394 e. The molecule has 272 valence electrons. The Balaban J connectivity index is 0.000000158. The molecule has 0 aliphatic rings. The summed E-state index contributed by atoms with van der Waals surface area (Å²) >= 11 is 3.27. The molecule has 0 bridgehead atoms. The number of carbonyl (C=O) groups excluding carboxylic acids is 3. The van der Waals surface area contributed by atoms with Crippen molar-refractivity contribution in [1.29, 1.82) is 0 Å². The van der Waals surface area contributed by atoms with Gasteiger partial charge in [-0.2, -0.15) is 0 Å². The molecule has 8 rings (SSSR count). The van der Waals surface area contributed by atoms with Gasteiger partial charge >= 0.3 is 11.9 Å². The second-order valence-electron chi connectivity index (χ2n) is 11.8. The molecule has 54 heavy (non-hydrogen) atoms. The molecule has 4 heterocycles. The number of amides is 1. The molecule has 0 spiro atoms. The number of nitrogens with zero attached hydrogens (tertiary/aromatic N) is 6. The van der Waals surface area contributed by atoms with Crippen molar-refractivity contribution in [3.8, 4) is 32.5 Å². The van der Waals surface area contributed by atoms with Gasteiger partial charge < -0.3 is 15.8 Å². The van der Waals surface area contributed by atoms with Crippen LogP contribution in [-0.4, -0.2) is 46.9 Å². The van der Waals surface area contributed by atoms with Crippen LogP contribution in [0.15, 0.2) is 121 Å².